The number of fused-ring (bicyclic) bond motifs is 3. The van der Waals surface area contributed by atoms with Gasteiger partial charge >= 0.3 is 0 Å². The first-order valence-corrected chi connectivity index (χ1v) is 19.2. The van der Waals surface area contributed by atoms with E-state index in [4.69, 9.17) is 9.97 Å². The van der Waals surface area contributed by atoms with E-state index in [1.165, 1.54) is 81.1 Å². The number of hydrogen-bond donors (Lipinski definition) is 0. The molecule has 0 aliphatic rings. The fraction of sp³-hybridized carbons (Fsp3) is 0. The van der Waals surface area contributed by atoms with Crippen molar-refractivity contribution >= 4 is 75.4 Å². The van der Waals surface area contributed by atoms with Gasteiger partial charge in [-0.2, -0.15) is 0 Å². The lowest BCUT2D eigenvalue weighted by Gasteiger charge is -2.18. The summed E-state index contributed by atoms with van der Waals surface area (Å²) in [5.41, 5.74) is 7.34. The highest BCUT2D eigenvalue weighted by molar-refractivity contribution is 6.37. The topological polar surface area (TPSA) is 25.8 Å². The van der Waals surface area contributed by atoms with E-state index in [2.05, 4.69) is 170 Å². The molecule has 0 unspecified atom stereocenters. The van der Waals surface area contributed by atoms with Crippen LogP contribution in [0.4, 0.5) is 0 Å². The van der Waals surface area contributed by atoms with Crippen molar-refractivity contribution in [3.63, 3.8) is 0 Å². The Morgan fingerprint density at radius 3 is 1.34 bits per heavy atom. The molecule has 0 saturated heterocycles. The predicted molar refractivity (Wildman–Crippen MR) is 238 cm³/mol. The average molecular weight is 709 g/mol. The monoisotopic (exact) mass is 708 g/mol. The van der Waals surface area contributed by atoms with Crippen LogP contribution in [0.1, 0.15) is 0 Å². The molecule has 1 aromatic heterocycles. The molecule has 0 aliphatic heterocycles. The highest BCUT2D eigenvalue weighted by Crippen LogP contribution is 2.45. The number of nitrogens with zero attached hydrogens (tertiary/aromatic N) is 2. The van der Waals surface area contributed by atoms with E-state index in [1.54, 1.807) is 0 Å². The zero-order valence-electron chi connectivity index (χ0n) is 30.4. The van der Waals surface area contributed by atoms with Gasteiger partial charge in [-0.05, 0) is 105 Å². The number of hydrogen-bond acceptors (Lipinski definition) is 2. The molecule has 0 amide bonds. The van der Waals surface area contributed by atoms with Crippen molar-refractivity contribution in [1.29, 1.82) is 0 Å². The minimum atomic E-state index is 0.716. The lowest BCUT2D eigenvalue weighted by molar-refractivity contribution is 1.18. The Hall–Kier alpha value is -7.42. The van der Waals surface area contributed by atoms with Gasteiger partial charge in [0.25, 0.3) is 0 Å². The van der Waals surface area contributed by atoms with Gasteiger partial charge in [-0.1, -0.05) is 176 Å². The molecule has 2 heteroatoms. The van der Waals surface area contributed by atoms with Gasteiger partial charge in [0.15, 0.2) is 5.82 Å². The summed E-state index contributed by atoms with van der Waals surface area (Å²) < 4.78 is 0. The number of aromatic nitrogens is 2. The Labute approximate surface area is 323 Å². The number of rotatable bonds is 4. The van der Waals surface area contributed by atoms with E-state index in [0.29, 0.717) is 5.82 Å². The van der Waals surface area contributed by atoms with Gasteiger partial charge in [0.05, 0.1) is 11.4 Å². The van der Waals surface area contributed by atoms with Crippen LogP contribution in [0.25, 0.3) is 120 Å². The molecule has 0 radical (unpaired) electrons. The molecule has 12 aromatic rings. The van der Waals surface area contributed by atoms with Crippen LogP contribution in [0.15, 0.2) is 194 Å². The van der Waals surface area contributed by atoms with E-state index in [0.717, 1.165) is 33.5 Å². The summed E-state index contributed by atoms with van der Waals surface area (Å²) in [6, 6.07) is 70.5. The third-order valence-electron chi connectivity index (χ3n) is 11.8. The Morgan fingerprint density at radius 1 is 0.250 bits per heavy atom. The van der Waals surface area contributed by atoms with Crippen LogP contribution in [0.5, 0.6) is 0 Å². The maximum absolute atomic E-state index is 5.22. The summed E-state index contributed by atoms with van der Waals surface area (Å²) in [5.74, 6) is 0.716. The molecule has 0 saturated carbocycles. The molecular weight excluding hydrogens is 677 g/mol. The van der Waals surface area contributed by atoms with Crippen LogP contribution in [0, 0.1) is 0 Å². The maximum atomic E-state index is 5.22. The van der Waals surface area contributed by atoms with Crippen molar-refractivity contribution in [2.75, 3.05) is 0 Å². The van der Waals surface area contributed by atoms with Crippen molar-refractivity contribution in [3.05, 3.63) is 194 Å². The van der Waals surface area contributed by atoms with Crippen molar-refractivity contribution in [3.8, 4) is 45.0 Å². The van der Waals surface area contributed by atoms with Gasteiger partial charge < -0.3 is 0 Å². The molecule has 1 heterocycles. The van der Waals surface area contributed by atoms with Crippen molar-refractivity contribution in [2.24, 2.45) is 0 Å². The molecule has 258 valence electrons. The molecule has 0 spiro atoms. The van der Waals surface area contributed by atoms with Crippen LogP contribution >= 0.6 is 0 Å². The summed E-state index contributed by atoms with van der Waals surface area (Å²) in [7, 11) is 0. The molecular formula is C54H32N2. The first kappa shape index (κ1) is 31.0. The second-order valence-corrected chi connectivity index (χ2v) is 14.9. The zero-order valence-corrected chi connectivity index (χ0v) is 30.4. The van der Waals surface area contributed by atoms with Crippen LogP contribution in [-0.4, -0.2) is 9.97 Å². The van der Waals surface area contributed by atoms with Crippen molar-refractivity contribution in [1.82, 2.24) is 9.97 Å². The van der Waals surface area contributed by atoms with Gasteiger partial charge in [-0.15, -0.1) is 0 Å². The largest absolute Gasteiger partial charge is 0.228 e. The smallest absolute Gasteiger partial charge is 0.160 e. The Bertz CT molecular complexity index is 3450. The summed E-state index contributed by atoms with van der Waals surface area (Å²) in [6.07, 6.45) is 0. The van der Waals surface area contributed by atoms with Gasteiger partial charge in [0.2, 0.25) is 0 Å². The van der Waals surface area contributed by atoms with Crippen LogP contribution in [-0.2, 0) is 0 Å². The lowest BCUT2D eigenvalue weighted by Crippen LogP contribution is -1.96. The van der Waals surface area contributed by atoms with Crippen LogP contribution in [0.3, 0.4) is 0 Å². The minimum absolute atomic E-state index is 0.716. The average Bonchev–Trinajstić information content (AvgIpc) is 3.27. The summed E-state index contributed by atoms with van der Waals surface area (Å²) in [5, 5.41) is 17.8. The second-order valence-electron chi connectivity index (χ2n) is 14.9. The first-order valence-electron chi connectivity index (χ1n) is 19.2. The fourth-order valence-electron chi connectivity index (χ4n) is 9.27. The molecule has 0 N–H and O–H groups in total. The van der Waals surface area contributed by atoms with Gasteiger partial charge in [-0.3, -0.25) is 0 Å². The standard InChI is InChI=1S/C54H32N2/c1-3-12-33(13-4-1)48-32-49(56-54(55-48)37-14-5-2-6-15-37)43-29-28-40(41-19-7-8-20-42(41)43)39-30-38-27-26-36-17-10-22-45-44-21-9-16-34-24-25-35-18-11-23-46(52(35)50(34)44)47(31-39)53(38)51(36)45/h1-32H. The molecule has 0 atom stereocenters. The van der Waals surface area contributed by atoms with E-state index >= 15 is 0 Å². The Morgan fingerprint density at radius 2 is 0.714 bits per heavy atom. The summed E-state index contributed by atoms with van der Waals surface area (Å²) in [4.78, 5) is 10.3. The predicted octanol–water partition coefficient (Wildman–Crippen LogP) is 14.7. The maximum Gasteiger partial charge on any atom is 0.160 e. The minimum Gasteiger partial charge on any atom is -0.228 e. The lowest BCUT2D eigenvalue weighted by atomic mass is 9.86. The van der Waals surface area contributed by atoms with Gasteiger partial charge in [0.1, 0.15) is 0 Å². The summed E-state index contributed by atoms with van der Waals surface area (Å²) >= 11 is 0. The van der Waals surface area contributed by atoms with Crippen molar-refractivity contribution < 1.29 is 0 Å². The highest BCUT2D eigenvalue weighted by atomic mass is 14.9. The molecule has 0 bridgehead atoms. The molecule has 0 aliphatic carbocycles. The molecule has 0 fully saturated rings. The molecule has 2 nitrogen and oxygen atoms in total. The van der Waals surface area contributed by atoms with E-state index < -0.39 is 0 Å². The fourth-order valence-corrected chi connectivity index (χ4v) is 9.27. The van der Waals surface area contributed by atoms with Gasteiger partial charge in [0, 0.05) is 16.7 Å². The van der Waals surface area contributed by atoms with Crippen LogP contribution in [0.2, 0.25) is 0 Å². The van der Waals surface area contributed by atoms with Gasteiger partial charge in [-0.25, -0.2) is 9.97 Å². The second kappa shape index (κ2) is 12.0. The Kier molecular flexibility index (Phi) is 6.66. The molecule has 56 heavy (non-hydrogen) atoms. The molecule has 12 rings (SSSR count). The van der Waals surface area contributed by atoms with Crippen LogP contribution < -0.4 is 0 Å². The van der Waals surface area contributed by atoms with E-state index in [-0.39, 0.29) is 0 Å². The highest BCUT2D eigenvalue weighted by Gasteiger charge is 2.19. The van der Waals surface area contributed by atoms with E-state index in [1.807, 2.05) is 24.3 Å². The number of benzene rings is 10. The summed E-state index contributed by atoms with van der Waals surface area (Å²) in [6.45, 7) is 0. The Balaban J connectivity index is 1.16. The third-order valence-corrected chi connectivity index (χ3v) is 11.8. The van der Waals surface area contributed by atoms with Crippen molar-refractivity contribution in [2.45, 2.75) is 0 Å². The normalized spacial score (nSPS) is 11.9. The third kappa shape index (κ3) is 4.63. The van der Waals surface area contributed by atoms with E-state index in [9.17, 15) is 0 Å². The quantitative estimate of drug-likeness (QED) is 0.170. The molecule has 11 aromatic carbocycles. The zero-order chi connectivity index (χ0) is 36.7. The SMILES string of the molecule is c1ccc(-c2cc(-c3ccc(-c4cc5ccc6cccc7c8cccc9ccc%10cccc(c(c4)c5c67)c%10c98)c4ccccc34)nc(-c3ccccc3)n2)cc1. The first-order chi connectivity index (χ1) is 27.8.